The Labute approximate surface area is 158 Å². The minimum Gasteiger partial charge on any atom is -0.379 e. The number of benzene rings is 2. The second-order valence-electron chi connectivity index (χ2n) is 7.85. The average Bonchev–Trinajstić information content (AvgIpc) is 3.05. The SMILES string of the molecule is O=C1CCC2(CCN(Cc3nc4ccccc4[nH]3)CC2)Nc2ccccc21. The molecule has 2 aromatic carbocycles. The van der Waals surface area contributed by atoms with Gasteiger partial charge in [-0.15, -0.1) is 0 Å². The number of ketones is 1. The van der Waals surface area contributed by atoms with E-state index >= 15 is 0 Å². The lowest BCUT2D eigenvalue weighted by Gasteiger charge is -2.42. The number of carbonyl (C=O) groups excluding carboxylic acids is 1. The maximum Gasteiger partial charge on any atom is 0.165 e. The van der Waals surface area contributed by atoms with Gasteiger partial charge in [0.1, 0.15) is 5.82 Å². The first kappa shape index (κ1) is 16.5. The number of aromatic nitrogens is 2. The number of imidazole rings is 1. The Morgan fingerprint density at radius 3 is 2.63 bits per heavy atom. The van der Waals surface area contributed by atoms with Crippen molar-refractivity contribution in [2.45, 2.75) is 37.8 Å². The number of piperidine rings is 1. The molecule has 0 amide bonds. The molecule has 1 aromatic heterocycles. The lowest BCUT2D eigenvalue weighted by Crippen LogP contribution is -2.48. The molecule has 0 atom stereocenters. The molecule has 1 spiro atoms. The predicted octanol–water partition coefficient (Wildman–Crippen LogP) is 3.99. The Kier molecular flexibility index (Phi) is 3.97. The van der Waals surface area contributed by atoms with Crippen LogP contribution < -0.4 is 5.32 Å². The molecule has 0 radical (unpaired) electrons. The number of likely N-dealkylation sites (tertiary alicyclic amines) is 1. The van der Waals surface area contributed by atoms with E-state index < -0.39 is 0 Å². The number of nitrogens with one attached hydrogen (secondary N) is 2. The van der Waals surface area contributed by atoms with E-state index in [2.05, 4.69) is 21.3 Å². The maximum atomic E-state index is 12.5. The van der Waals surface area contributed by atoms with E-state index in [0.29, 0.717) is 6.42 Å². The highest BCUT2D eigenvalue weighted by Crippen LogP contribution is 2.36. The molecule has 27 heavy (non-hydrogen) atoms. The molecule has 2 aliphatic heterocycles. The first-order valence-corrected chi connectivity index (χ1v) is 9.77. The molecule has 0 saturated carbocycles. The Balaban J connectivity index is 1.29. The van der Waals surface area contributed by atoms with Gasteiger partial charge < -0.3 is 10.3 Å². The van der Waals surface area contributed by atoms with Gasteiger partial charge >= 0.3 is 0 Å². The molecule has 1 saturated heterocycles. The lowest BCUT2D eigenvalue weighted by molar-refractivity contribution is 0.0964. The first-order valence-electron chi connectivity index (χ1n) is 9.77. The first-order chi connectivity index (χ1) is 13.2. The number of fused-ring (bicyclic) bond motifs is 2. The highest BCUT2D eigenvalue weighted by Gasteiger charge is 2.37. The molecule has 2 N–H and O–H groups in total. The standard InChI is InChI=1S/C22H24N4O/c27-20-9-10-22(25-17-6-2-1-5-16(17)20)11-13-26(14-12-22)15-21-23-18-7-3-4-8-19(18)24-21/h1-8,25H,9-15H2,(H,23,24). The van der Waals surface area contributed by atoms with E-state index in [1.54, 1.807) is 0 Å². The Bertz CT molecular complexity index is 952. The third kappa shape index (κ3) is 3.12. The second-order valence-corrected chi connectivity index (χ2v) is 7.85. The molecule has 0 aliphatic carbocycles. The van der Waals surface area contributed by atoms with Crippen LogP contribution in [0.3, 0.4) is 0 Å². The summed E-state index contributed by atoms with van der Waals surface area (Å²) in [6, 6.07) is 16.1. The summed E-state index contributed by atoms with van der Waals surface area (Å²) in [4.78, 5) is 23.1. The number of Topliss-reactive ketones (excluding diaryl/α,β-unsaturated/α-hetero) is 1. The van der Waals surface area contributed by atoms with Crippen LogP contribution in [0.1, 0.15) is 41.9 Å². The monoisotopic (exact) mass is 360 g/mol. The van der Waals surface area contributed by atoms with Crippen molar-refractivity contribution in [1.82, 2.24) is 14.9 Å². The smallest absolute Gasteiger partial charge is 0.165 e. The number of hydrogen-bond donors (Lipinski definition) is 2. The molecule has 0 bridgehead atoms. The van der Waals surface area contributed by atoms with Gasteiger partial charge in [0.25, 0.3) is 0 Å². The van der Waals surface area contributed by atoms with Crippen LogP contribution in [0, 0.1) is 0 Å². The molecule has 5 heteroatoms. The number of rotatable bonds is 2. The van der Waals surface area contributed by atoms with Gasteiger partial charge in [0, 0.05) is 36.3 Å². The average molecular weight is 360 g/mol. The zero-order valence-electron chi connectivity index (χ0n) is 15.4. The van der Waals surface area contributed by atoms with Gasteiger partial charge in [0.15, 0.2) is 5.78 Å². The zero-order chi connectivity index (χ0) is 18.3. The van der Waals surface area contributed by atoms with Gasteiger partial charge in [-0.1, -0.05) is 24.3 Å². The lowest BCUT2D eigenvalue weighted by atomic mass is 9.83. The van der Waals surface area contributed by atoms with Crippen molar-refractivity contribution in [2.75, 3.05) is 18.4 Å². The molecule has 0 unspecified atom stereocenters. The van der Waals surface area contributed by atoms with Crippen LogP contribution in [0.2, 0.25) is 0 Å². The molecule has 1 fully saturated rings. The molecular formula is C22H24N4O. The second kappa shape index (κ2) is 6.50. The summed E-state index contributed by atoms with van der Waals surface area (Å²) in [5.41, 5.74) is 4.01. The van der Waals surface area contributed by atoms with E-state index in [1.807, 2.05) is 42.5 Å². The zero-order valence-corrected chi connectivity index (χ0v) is 15.4. The largest absolute Gasteiger partial charge is 0.379 e. The van der Waals surface area contributed by atoms with Crippen molar-refractivity contribution in [3.05, 3.63) is 59.9 Å². The quantitative estimate of drug-likeness (QED) is 0.725. The van der Waals surface area contributed by atoms with E-state index in [4.69, 9.17) is 4.98 Å². The molecule has 5 nitrogen and oxygen atoms in total. The molecule has 3 aromatic rings. The third-order valence-electron chi connectivity index (χ3n) is 6.08. The number of H-pyrrole nitrogens is 1. The van der Waals surface area contributed by atoms with E-state index in [1.165, 1.54) is 0 Å². The van der Waals surface area contributed by atoms with Crippen LogP contribution in [-0.4, -0.2) is 39.3 Å². The fourth-order valence-corrected chi connectivity index (χ4v) is 4.48. The van der Waals surface area contributed by atoms with Crippen LogP contribution in [0.5, 0.6) is 0 Å². The highest BCUT2D eigenvalue weighted by atomic mass is 16.1. The topological polar surface area (TPSA) is 61.0 Å². The highest BCUT2D eigenvalue weighted by molar-refractivity contribution is 6.02. The van der Waals surface area contributed by atoms with Gasteiger partial charge in [-0.25, -0.2) is 4.98 Å². The summed E-state index contributed by atoms with van der Waals surface area (Å²) in [5, 5.41) is 3.74. The van der Waals surface area contributed by atoms with Crippen LogP contribution in [0.15, 0.2) is 48.5 Å². The molecular weight excluding hydrogens is 336 g/mol. The fourth-order valence-electron chi connectivity index (χ4n) is 4.48. The summed E-state index contributed by atoms with van der Waals surface area (Å²) in [7, 11) is 0. The molecule has 3 heterocycles. The molecule has 5 rings (SSSR count). The van der Waals surface area contributed by atoms with Crippen LogP contribution in [-0.2, 0) is 6.54 Å². The van der Waals surface area contributed by atoms with Crippen molar-refractivity contribution >= 4 is 22.5 Å². The van der Waals surface area contributed by atoms with E-state index in [0.717, 1.165) is 67.0 Å². The maximum absolute atomic E-state index is 12.5. The number of hydrogen-bond acceptors (Lipinski definition) is 4. The fraction of sp³-hybridized carbons (Fsp3) is 0.364. The van der Waals surface area contributed by atoms with Crippen LogP contribution in [0.4, 0.5) is 5.69 Å². The summed E-state index contributed by atoms with van der Waals surface area (Å²) >= 11 is 0. The minimum absolute atomic E-state index is 0.0344. The summed E-state index contributed by atoms with van der Waals surface area (Å²) in [5.74, 6) is 1.29. The summed E-state index contributed by atoms with van der Waals surface area (Å²) in [6.07, 6.45) is 3.65. The predicted molar refractivity (Wildman–Crippen MR) is 107 cm³/mol. The van der Waals surface area contributed by atoms with Gasteiger partial charge in [-0.05, 0) is 43.5 Å². The Morgan fingerprint density at radius 2 is 1.78 bits per heavy atom. The van der Waals surface area contributed by atoms with E-state index in [9.17, 15) is 4.79 Å². The van der Waals surface area contributed by atoms with Crippen molar-refractivity contribution in [2.24, 2.45) is 0 Å². The third-order valence-corrected chi connectivity index (χ3v) is 6.08. The number of aromatic amines is 1. The molecule has 138 valence electrons. The van der Waals surface area contributed by atoms with Crippen molar-refractivity contribution in [3.63, 3.8) is 0 Å². The Hall–Kier alpha value is -2.66. The number of nitrogens with zero attached hydrogens (tertiary/aromatic N) is 2. The summed E-state index contributed by atoms with van der Waals surface area (Å²) < 4.78 is 0. The normalized spacial score (nSPS) is 19.6. The van der Waals surface area contributed by atoms with Gasteiger partial charge in [0.2, 0.25) is 0 Å². The Morgan fingerprint density at radius 1 is 1.00 bits per heavy atom. The van der Waals surface area contributed by atoms with Crippen molar-refractivity contribution in [1.29, 1.82) is 0 Å². The van der Waals surface area contributed by atoms with Crippen LogP contribution in [0.25, 0.3) is 11.0 Å². The van der Waals surface area contributed by atoms with Crippen molar-refractivity contribution < 1.29 is 4.79 Å². The van der Waals surface area contributed by atoms with Crippen molar-refractivity contribution in [3.8, 4) is 0 Å². The molecule has 2 aliphatic rings. The van der Waals surface area contributed by atoms with E-state index in [-0.39, 0.29) is 11.3 Å². The van der Waals surface area contributed by atoms with Gasteiger partial charge in [-0.3, -0.25) is 9.69 Å². The van der Waals surface area contributed by atoms with Gasteiger partial charge in [0.05, 0.1) is 17.6 Å². The number of anilines is 1. The number of carbonyl (C=O) groups is 1. The minimum atomic E-state index is 0.0344. The summed E-state index contributed by atoms with van der Waals surface area (Å²) in [6.45, 7) is 2.88. The number of para-hydroxylation sites is 3. The van der Waals surface area contributed by atoms with Crippen LogP contribution >= 0.6 is 0 Å². The van der Waals surface area contributed by atoms with Gasteiger partial charge in [-0.2, -0.15) is 0 Å².